The molecule has 3 aromatic rings. The van der Waals surface area contributed by atoms with E-state index >= 15 is 0 Å². The van der Waals surface area contributed by atoms with Crippen LogP contribution < -0.4 is 19.8 Å². The van der Waals surface area contributed by atoms with E-state index in [9.17, 15) is 9.59 Å². The first-order valence-electron chi connectivity index (χ1n) is 9.78. The topological polar surface area (TPSA) is 66.8 Å². The number of hydrogen-bond acceptors (Lipinski definition) is 5. The summed E-state index contributed by atoms with van der Waals surface area (Å²) in [5, 5.41) is 0.976. The molecule has 1 aromatic heterocycles. The summed E-state index contributed by atoms with van der Waals surface area (Å²) in [6.45, 7) is 4.91. The summed E-state index contributed by atoms with van der Waals surface area (Å²) in [5.41, 5.74) is 2.21. The summed E-state index contributed by atoms with van der Waals surface area (Å²) in [6.07, 6.45) is 0.113. The minimum Gasteiger partial charge on any atom is -0.454 e. The van der Waals surface area contributed by atoms with Crippen LogP contribution >= 0.6 is 0 Å². The van der Waals surface area contributed by atoms with Gasteiger partial charge >= 0.3 is 5.97 Å². The molecule has 6 nitrogen and oxygen atoms in total. The summed E-state index contributed by atoms with van der Waals surface area (Å²) in [6, 6.07) is 13.3. The van der Waals surface area contributed by atoms with Gasteiger partial charge in [0.1, 0.15) is 5.75 Å². The number of pyridine rings is 1. The Morgan fingerprint density at radius 3 is 2.55 bits per heavy atom. The highest BCUT2D eigenvalue weighted by Gasteiger charge is 2.33. The highest BCUT2D eigenvalue weighted by atomic mass is 16.7. The second-order valence-corrected chi connectivity index (χ2v) is 7.94. The highest BCUT2D eigenvalue weighted by molar-refractivity contribution is 5.82. The van der Waals surface area contributed by atoms with Gasteiger partial charge in [0.25, 0.3) is 5.56 Å². The molecule has 148 valence electrons. The summed E-state index contributed by atoms with van der Waals surface area (Å²) in [7, 11) is 0. The highest BCUT2D eigenvalue weighted by Crippen LogP contribution is 2.45. The van der Waals surface area contributed by atoms with Gasteiger partial charge in [-0.25, -0.2) is 0 Å². The van der Waals surface area contributed by atoms with Gasteiger partial charge in [-0.05, 0) is 29.5 Å². The first-order valence-corrected chi connectivity index (χ1v) is 9.78. The van der Waals surface area contributed by atoms with Crippen LogP contribution in [0.5, 0.6) is 17.2 Å². The van der Waals surface area contributed by atoms with Crippen molar-refractivity contribution in [2.24, 2.45) is 5.92 Å². The van der Waals surface area contributed by atoms with Crippen LogP contribution in [0.25, 0.3) is 10.9 Å². The Morgan fingerprint density at radius 1 is 1.00 bits per heavy atom. The van der Waals surface area contributed by atoms with Crippen molar-refractivity contribution in [3.05, 3.63) is 63.9 Å². The third kappa shape index (κ3) is 2.95. The largest absolute Gasteiger partial charge is 0.454 e. The van der Waals surface area contributed by atoms with Crippen molar-refractivity contribution in [1.29, 1.82) is 0 Å². The van der Waals surface area contributed by atoms with E-state index in [1.807, 2.05) is 41.0 Å². The SMILES string of the molecule is CC(C)Cn1c(=O)c([C@@H]2CC(=O)Oc3cc4c(cc32)OCO4)cc2ccccc21. The number of aromatic nitrogens is 1. The maximum absolute atomic E-state index is 13.5. The van der Waals surface area contributed by atoms with E-state index < -0.39 is 5.92 Å². The number of rotatable bonds is 3. The first-order chi connectivity index (χ1) is 14.0. The molecule has 0 N–H and O–H groups in total. The van der Waals surface area contributed by atoms with Crippen LogP contribution in [0, 0.1) is 5.92 Å². The molecule has 29 heavy (non-hydrogen) atoms. The van der Waals surface area contributed by atoms with E-state index in [4.69, 9.17) is 14.2 Å². The number of hydrogen-bond donors (Lipinski definition) is 0. The molecule has 0 unspecified atom stereocenters. The van der Waals surface area contributed by atoms with E-state index in [1.165, 1.54) is 0 Å². The molecule has 0 aliphatic carbocycles. The lowest BCUT2D eigenvalue weighted by Crippen LogP contribution is -2.30. The third-order valence-electron chi connectivity index (χ3n) is 5.43. The molecule has 6 heteroatoms. The predicted molar refractivity (Wildman–Crippen MR) is 108 cm³/mol. The molecule has 0 bridgehead atoms. The van der Waals surface area contributed by atoms with Crippen molar-refractivity contribution < 1.29 is 19.0 Å². The quantitative estimate of drug-likeness (QED) is 0.501. The molecule has 0 radical (unpaired) electrons. The summed E-state index contributed by atoms with van der Waals surface area (Å²) in [4.78, 5) is 25.9. The van der Waals surface area contributed by atoms with Gasteiger partial charge in [-0.1, -0.05) is 32.0 Å². The van der Waals surface area contributed by atoms with E-state index in [2.05, 4.69) is 13.8 Å². The predicted octanol–water partition coefficient (Wildman–Crippen LogP) is 3.83. The average molecular weight is 391 g/mol. The standard InChI is InChI=1S/C23H21NO5/c1-13(2)11-24-18-6-4-3-5-14(18)7-17(23(24)26)15-9-22(25)29-19-10-21-20(8-16(15)19)27-12-28-21/h3-8,10,13,15H,9,11-12H2,1-2H3/t15-/m1/s1. The molecule has 3 heterocycles. The van der Waals surface area contributed by atoms with Gasteiger partial charge in [0.15, 0.2) is 11.5 Å². The van der Waals surface area contributed by atoms with E-state index in [-0.39, 0.29) is 24.7 Å². The van der Waals surface area contributed by atoms with Gasteiger partial charge in [0.05, 0.1) is 11.9 Å². The van der Waals surface area contributed by atoms with Gasteiger partial charge in [0.2, 0.25) is 6.79 Å². The lowest BCUT2D eigenvalue weighted by atomic mass is 9.86. The first kappa shape index (κ1) is 17.8. The van der Waals surface area contributed by atoms with Crippen LogP contribution in [-0.2, 0) is 11.3 Å². The van der Waals surface area contributed by atoms with Gasteiger partial charge in [0, 0.05) is 29.7 Å². The van der Waals surface area contributed by atoms with E-state index in [0.29, 0.717) is 35.3 Å². The van der Waals surface area contributed by atoms with Gasteiger partial charge in [-0.15, -0.1) is 0 Å². The number of nitrogens with zero attached hydrogens (tertiary/aromatic N) is 1. The van der Waals surface area contributed by atoms with E-state index in [1.54, 1.807) is 6.07 Å². The Morgan fingerprint density at radius 2 is 1.76 bits per heavy atom. The van der Waals surface area contributed by atoms with Crippen LogP contribution in [0.15, 0.2) is 47.3 Å². The van der Waals surface area contributed by atoms with Gasteiger partial charge < -0.3 is 18.8 Å². The van der Waals surface area contributed by atoms with Crippen molar-refractivity contribution in [3.8, 4) is 17.2 Å². The van der Waals surface area contributed by atoms with E-state index in [0.717, 1.165) is 16.5 Å². The molecule has 2 aromatic carbocycles. The summed E-state index contributed by atoms with van der Waals surface area (Å²) in [5.74, 6) is 1.14. The van der Waals surface area contributed by atoms with Gasteiger partial charge in [-0.2, -0.15) is 0 Å². The number of benzene rings is 2. The maximum atomic E-state index is 13.5. The zero-order chi connectivity index (χ0) is 20.1. The Balaban J connectivity index is 1.73. The second-order valence-electron chi connectivity index (χ2n) is 7.94. The molecular weight excluding hydrogens is 370 g/mol. The fraction of sp³-hybridized carbons (Fsp3) is 0.304. The molecule has 1 atom stereocenters. The molecular formula is C23H21NO5. The number of para-hydroxylation sites is 1. The Kier molecular flexibility index (Phi) is 4.08. The minimum absolute atomic E-state index is 0.0688. The average Bonchev–Trinajstić information content (AvgIpc) is 3.15. The molecule has 0 saturated heterocycles. The zero-order valence-corrected chi connectivity index (χ0v) is 16.3. The zero-order valence-electron chi connectivity index (χ0n) is 16.3. The van der Waals surface area contributed by atoms with Crippen LogP contribution in [0.4, 0.5) is 0 Å². The number of esters is 1. The fourth-order valence-corrected chi connectivity index (χ4v) is 4.16. The monoisotopic (exact) mass is 391 g/mol. The molecule has 0 fully saturated rings. The Hall–Kier alpha value is -3.28. The Bertz CT molecular complexity index is 1190. The van der Waals surface area contributed by atoms with Crippen LogP contribution in [0.3, 0.4) is 0 Å². The normalized spacial score (nSPS) is 17.5. The maximum Gasteiger partial charge on any atom is 0.312 e. The lowest BCUT2D eigenvalue weighted by molar-refractivity contribution is -0.135. The van der Waals surface area contributed by atoms with Crippen molar-refractivity contribution in [2.45, 2.75) is 32.7 Å². The molecule has 2 aliphatic heterocycles. The van der Waals surface area contributed by atoms with Crippen molar-refractivity contribution in [1.82, 2.24) is 4.57 Å². The summed E-state index contributed by atoms with van der Waals surface area (Å²) >= 11 is 0. The lowest BCUT2D eigenvalue weighted by Gasteiger charge is -2.26. The second kappa shape index (κ2) is 6.65. The van der Waals surface area contributed by atoms with Crippen molar-refractivity contribution in [3.63, 3.8) is 0 Å². The summed E-state index contributed by atoms with van der Waals surface area (Å²) < 4.78 is 18.2. The van der Waals surface area contributed by atoms with Crippen LogP contribution in [0.1, 0.15) is 37.3 Å². The number of fused-ring (bicyclic) bond motifs is 3. The third-order valence-corrected chi connectivity index (χ3v) is 5.43. The van der Waals surface area contributed by atoms with Crippen LogP contribution in [0.2, 0.25) is 0 Å². The minimum atomic E-state index is -0.392. The molecule has 0 spiro atoms. The molecule has 5 rings (SSSR count). The smallest absolute Gasteiger partial charge is 0.312 e. The number of ether oxygens (including phenoxy) is 3. The molecule has 2 aliphatic rings. The number of carbonyl (C=O) groups excluding carboxylic acids is 1. The van der Waals surface area contributed by atoms with Gasteiger partial charge in [-0.3, -0.25) is 9.59 Å². The molecule has 0 saturated carbocycles. The fourth-order valence-electron chi connectivity index (χ4n) is 4.16. The number of carbonyl (C=O) groups is 1. The molecule has 0 amide bonds. The van der Waals surface area contributed by atoms with Crippen molar-refractivity contribution >= 4 is 16.9 Å². The van der Waals surface area contributed by atoms with Crippen LogP contribution in [-0.4, -0.2) is 17.3 Å². The van der Waals surface area contributed by atoms with Crippen molar-refractivity contribution in [2.75, 3.05) is 6.79 Å². The Labute approximate surface area is 167 Å².